The monoisotopic (exact) mass is 343 g/mol. The van der Waals surface area contributed by atoms with E-state index < -0.39 is 29.7 Å². The second-order valence-corrected chi connectivity index (χ2v) is 7.06. The molecule has 0 aromatic carbocycles. The number of likely N-dealkylation sites (tertiary alicyclic amines) is 1. The predicted molar refractivity (Wildman–Crippen MR) is 88.4 cm³/mol. The van der Waals surface area contributed by atoms with Gasteiger partial charge in [0.25, 0.3) is 0 Å². The molecule has 2 atom stereocenters. The van der Waals surface area contributed by atoms with Crippen LogP contribution in [0.2, 0.25) is 0 Å². The van der Waals surface area contributed by atoms with Gasteiger partial charge < -0.3 is 25.8 Å². The van der Waals surface area contributed by atoms with Crippen LogP contribution in [0.5, 0.6) is 0 Å². The van der Waals surface area contributed by atoms with Crippen molar-refractivity contribution in [1.82, 2.24) is 10.2 Å². The highest BCUT2D eigenvalue weighted by Crippen LogP contribution is 2.19. The van der Waals surface area contributed by atoms with Gasteiger partial charge in [0.15, 0.2) is 0 Å². The van der Waals surface area contributed by atoms with Gasteiger partial charge in [0.2, 0.25) is 5.91 Å². The Morgan fingerprint density at radius 2 is 2.00 bits per heavy atom. The first kappa shape index (κ1) is 20.2. The molecule has 1 fully saturated rings. The minimum atomic E-state index is -0.977. The average molecular weight is 343 g/mol. The molecule has 1 heterocycles. The Bertz CT molecular complexity index is 461. The van der Waals surface area contributed by atoms with Crippen molar-refractivity contribution in [3.05, 3.63) is 0 Å². The first-order valence-electron chi connectivity index (χ1n) is 8.37. The quantitative estimate of drug-likeness (QED) is 0.595. The van der Waals surface area contributed by atoms with Crippen LogP contribution in [0.15, 0.2) is 0 Å². The maximum atomic E-state index is 12.2. The number of hydrogen-bond acceptors (Lipinski definition) is 5. The zero-order valence-electron chi connectivity index (χ0n) is 14.7. The normalized spacial score (nSPS) is 19.0. The highest BCUT2D eigenvalue weighted by Gasteiger charge is 2.35. The second-order valence-electron chi connectivity index (χ2n) is 7.06. The van der Waals surface area contributed by atoms with Gasteiger partial charge >= 0.3 is 12.1 Å². The topological polar surface area (TPSA) is 122 Å². The first-order chi connectivity index (χ1) is 11.1. The number of alkyl carbamates (subject to hydrolysis) is 1. The molecule has 0 spiro atoms. The number of nitrogens with one attached hydrogen (secondary N) is 1. The summed E-state index contributed by atoms with van der Waals surface area (Å²) in [6.07, 6.45) is 2.49. The van der Waals surface area contributed by atoms with Gasteiger partial charge in [0, 0.05) is 13.1 Å². The molecule has 0 bridgehead atoms. The van der Waals surface area contributed by atoms with Crippen LogP contribution in [-0.4, -0.2) is 58.8 Å². The number of carbonyl (C=O) groups excluding carboxylic acids is 2. The molecule has 0 radical (unpaired) electrons. The van der Waals surface area contributed by atoms with E-state index in [1.165, 1.54) is 4.90 Å². The largest absolute Gasteiger partial charge is 0.480 e. The lowest BCUT2D eigenvalue weighted by atomic mass is 10.1. The van der Waals surface area contributed by atoms with Crippen molar-refractivity contribution < 1.29 is 24.2 Å². The first-order valence-corrected chi connectivity index (χ1v) is 8.37. The van der Waals surface area contributed by atoms with E-state index in [1.54, 1.807) is 20.8 Å². The zero-order valence-corrected chi connectivity index (χ0v) is 14.7. The minimum absolute atomic E-state index is 0.306. The molecule has 0 saturated carbocycles. The highest BCUT2D eigenvalue weighted by molar-refractivity contribution is 5.87. The Morgan fingerprint density at radius 3 is 2.58 bits per heavy atom. The van der Waals surface area contributed by atoms with Crippen molar-refractivity contribution in [3.8, 4) is 0 Å². The molecule has 1 aliphatic heterocycles. The van der Waals surface area contributed by atoms with Crippen LogP contribution in [0, 0.1) is 0 Å². The van der Waals surface area contributed by atoms with Crippen LogP contribution in [0.3, 0.4) is 0 Å². The number of carbonyl (C=O) groups is 3. The maximum absolute atomic E-state index is 12.2. The fourth-order valence-electron chi connectivity index (χ4n) is 2.62. The van der Waals surface area contributed by atoms with E-state index in [2.05, 4.69) is 5.32 Å². The molecular weight excluding hydrogens is 314 g/mol. The smallest absolute Gasteiger partial charge is 0.407 e. The Hall–Kier alpha value is -1.83. The van der Waals surface area contributed by atoms with Crippen molar-refractivity contribution in [1.29, 1.82) is 0 Å². The Kier molecular flexibility index (Phi) is 7.47. The lowest BCUT2D eigenvalue weighted by molar-refractivity contribution is -0.148. The van der Waals surface area contributed by atoms with E-state index in [9.17, 15) is 14.4 Å². The molecule has 8 nitrogen and oxygen atoms in total. The summed E-state index contributed by atoms with van der Waals surface area (Å²) in [5.41, 5.74) is 5.36. The fourth-order valence-corrected chi connectivity index (χ4v) is 2.62. The SMILES string of the molecule is CC(C)(C)OC(=O)NCCCCC(N)C(=O)N1CCCC1C(=O)O. The van der Waals surface area contributed by atoms with Gasteiger partial charge in [0.1, 0.15) is 11.6 Å². The standard InChI is InChI=1S/C16H29N3O5/c1-16(2,3)24-15(23)18-9-5-4-7-11(17)13(20)19-10-6-8-12(19)14(21)22/h11-12H,4-10,17H2,1-3H3,(H,18,23)(H,21,22). The average Bonchev–Trinajstić information content (AvgIpc) is 2.93. The van der Waals surface area contributed by atoms with Crippen LogP contribution < -0.4 is 11.1 Å². The fraction of sp³-hybridized carbons (Fsp3) is 0.812. The van der Waals surface area contributed by atoms with E-state index in [0.29, 0.717) is 45.2 Å². The molecule has 0 aromatic rings. The van der Waals surface area contributed by atoms with Gasteiger partial charge in [-0.3, -0.25) is 4.79 Å². The number of carboxylic acid groups (broad SMARTS) is 1. The van der Waals surface area contributed by atoms with Gasteiger partial charge in [-0.05, 0) is 52.9 Å². The third kappa shape index (κ3) is 6.74. The van der Waals surface area contributed by atoms with E-state index in [1.807, 2.05) is 0 Å². The molecule has 138 valence electrons. The van der Waals surface area contributed by atoms with Crippen molar-refractivity contribution >= 4 is 18.0 Å². The van der Waals surface area contributed by atoms with Crippen molar-refractivity contribution in [2.75, 3.05) is 13.1 Å². The predicted octanol–water partition coefficient (Wildman–Crippen LogP) is 1.08. The number of nitrogens with zero attached hydrogens (tertiary/aromatic N) is 1. The second kappa shape index (κ2) is 8.86. The summed E-state index contributed by atoms with van der Waals surface area (Å²) in [7, 11) is 0. The number of carboxylic acids is 1. The van der Waals surface area contributed by atoms with Gasteiger partial charge in [-0.15, -0.1) is 0 Å². The van der Waals surface area contributed by atoms with Crippen LogP contribution >= 0.6 is 0 Å². The summed E-state index contributed by atoms with van der Waals surface area (Å²) in [6.45, 7) is 6.26. The number of unbranched alkanes of at least 4 members (excludes halogenated alkanes) is 1. The molecule has 2 amide bonds. The number of hydrogen-bond donors (Lipinski definition) is 3. The van der Waals surface area contributed by atoms with Gasteiger partial charge in [-0.1, -0.05) is 0 Å². The van der Waals surface area contributed by atoms with Crippen molar-refractivity contribution in [2.24, 2.45) is 5.73 Å². The summed E-state index contributed by atoms with van der Waals surface area (Å²) < 4.78 is 5.11. The number of rotatable bonds is 7. The Morgan fingerprint density at radius 1 is 1.33 bits per heavy atom. The number of nitrogens with two attached hydrogens (primary N) is 1. The molecular formula is C16H29N3O5. The van der Waals surface area contributed by atoms with Crippen LogP contribution in [0.25, 0.3) is 0 Å². The molecule has 8 heteroatoms. The Labute approximate surface area is 142 Å². The lowest BCUT2D eigenvalue weighted by Crippen LogP contribution is -2.48. The van der Waals surface area contributed by atoms with E-state index in [4.69, 9.17) is 15.6 Å². The van der Waals surface area contributed by atoms with Crippen molar-refractivity contribution in [2.45, 2.75) is 70.6 Å². The van der Waals surface area contributed by atoms with E-state index >= 15 is 0 Å². The molecule has 0 aromatic heterocycles. The molecule has 1 aliphatic rings. The third-order valence-corrected chi connectivity index (χ3v) is 3.75. The third-order valence-electron chi connectivity index (χ3n) is 3.75. The number of amides is 2. The summed E-state index contributed by atoms with van der Waals surface area (Å²) in [5, 5.41) is 11.8. The molecule has 1 rings (SSSR count). The molecule has 4 N–H and O–H groups in total. The van der Waals surface area contributed by atoms with Crippen molar-refractivity contribution in [3.63, 3.8) is 0 Å². The Balaban J connectivity index is 2.24. The maximum Gasteiger partial charge on any atom is 0.407 e. The summed E-state index contributed by atoms with van der Waals surface area (Å²) in [5.74, 6) is -1.28. The van der Waals surface area contributed by atoms with Crippen LogP contribution in [0.4, 0.5) is 4.79 Å². The summed E-state index contributed by atoms with van der Waals surface area (Å²) in [6, 6.07) is -1.45. The van der Waals surface area contributed by atoms with E-state index in [0.717, 1.165) is 0 Å². The lowest BCUT2D eigenvalue weighted by Gasteiger charge is -2.24. The van der Waals surface area contributed by atoms with Gasteiger partial charge in [-0.25, -0.2) is 9.59 Å². The minimum Gasteiger partial charge on any atom is -0.480 e. The number of aliphatic carboxylic acids is 1. The zero-order chi connectivity index (χ0) is 18.3. The summed E-state index contributed by atoms with van der Waals surface area (Å²) in [4.78, 5) is 36.2. The van der Waals surface area contributed by atoms with Crippen LogP contribution in [0.1, 0.15) is 52.9 Å². The van der Waals surface area contributed by atoms with Crippen LogP contribution in [-0.2, 0) is 14.3 Å². The highest BCUT2D eigenvalue weighted by atomic mass is 16.6. The molecule has 24 heavy (non-hydrogen) atoms. The van der Waals surface area contributed by atoms with E-state index in [-0.39, 0.29) is 5.91 Å². The molecule has 1 saturated heterocycles. The summed E-state index contributed by atoms with van der Waals surface area (Å²) >= 11 is 0. The number of ether oxygens (including phenoxy) is 1. The van der Waals surface area contributed by atoms with Gasteiger partial charge in [0.05, 0.1) is 6.04 Å². The molecule has 2 unspecified atom stereocenters. The molecule has 0 aliphatic carbocycles. The van der Waals surface area contributed by atoms with Gasteiger partial charge in [-0.2, -0.15) is 0 Å².